The number of hydrogen-bond acceptors (Lipinski definition) is 6. The number of fused-ring (bicyclic) bond motifs is 1. The summed E-state index contributed by atoms with van der Waals surface area (Å²) >= 11 is 1.53. The maximum absolute atomic E-state index is 11.6. The fourth-order valence-corrected chi connectivity index (χ4v) is 2.16. The predicted octanol–water partition coefficient (Wildman–Crippen LogP) is 1.02. The second kappa shape index (κ2) is 3.63. The van der Waals surface area contributed by atoms with Crippen LogP contribution < -0.4 is 11.3 Å². The number of thiophene rings is 1. The Hall–Kier alpha value is -2.28. The average Bonchev–Trinajstić information content (AvgIpc) is 2.82. The monoisotopic (exact) mass is 245 g/mol. The van der Waals surface area contributed by atoms with Gasteiger partial charge in [0, 0.05) is 0 Å². The minimum Gasteiger partial charge on any atom is -0.369 e. The molecule has 0 saturated carbocycles. The van der Waals surface area contributed by atoms with Gasteiger partial charge in [-0.25, -0.2) is 9.97 Å². The molecule has 0 aliphatic heterocycles. The summed E-state index contributed by atoms with van der Waals surface area (Å²) in [7, 11) is 0. The van der Waals surface area contributed by atoms with Crippen molar-refractivity contribution in [2.75, 3.05) is 5.73 Å². The zero-order chi connectivity index (χ0) is 11.8. The van der Waals surface area contributed by atoms with Crippen molar-refractivity contribution in [1.29, 1.82) is 0 Å². The molecule has 0 amide bonds. The van der Waals surface area contributed by atoms with Crippen molar-refractivity contribution in [3.05, 3.63) is 34.1 Å². The van der Waals surface area contributed by atoms with Crippen molar-refractivity contribution in [3.63, 3.8) is 0 Å². The molecule has 84 valence electrons. The summed E-state index contributed by atoms with van der Waals surface area (Å²) in [5.74, 6) is 0.0423. The van der Waals surface area contributed by atoms with Gasteiger partial charge < -0.3 is 5.73 Å². The van der Waals surface area contributed by atoms with Gasteiger partial charge in [-0.3, -0.25) is 9.78 Å². The third-order valence-corrected chi connectivity index (χ3v) is 3.10. The standard InChI is InChI=1S/C10H7N5OS/c11-10-14-8-7(9(16)15-10)13-5(4-12-8)6-2-1-3-17-6/h1-4H,(H3,11,12,14,15,16). The highest BCUT2D eigenvalue weighted by Crippen LogP contribution is 2.22. The molecule has 17 heavy (non-hydrogen) atoms. The first-order valence-corrected chi connectivity index (χ1v) is 5.68. The highest BCUT2D eigenvalue weighted by atomic mass is 32.1. The number of nitrogens with two attached hydrogens (primary N) is 1. The van der Waals surface area contributed by atoms with Gasteiger partial charge in [0.1, 0.15) is 0 Å². The molecule has 0 aliphatic rings. The maximum atomic E-state index is 11.6. The number of nitrogens with zero attached hydrogens (tertiary/aromatic N) is 3. The van der Waals surface area contributed by atoms with Crippen LogP contribution in [-0.4, -0.2) is 19.9 Å². The molecule has 0 spiro atoms. The zero-order valence-electron chi connectivity index (χ0n) is 8.54. The van der Waals surface area contributed by atoms with E-state index in [9.17, 15) is 4.79 Å². The molecule has 3 heterocycles. The Morgan fingerprint density at radius 1 is 1.35 bits per heavy atom. The Bertz CT molecular complexity index is 734. The quantitative estimate of drug-likeness (QED) is 0.667. The van der Waals surface area contributed by atoms with E-state index in [1.807, 2.05) is 17.5 Å². The van der Waals surface area contributed by atoms with Crippen molar-refractivity contribution >= 4 is 28.4 Å². The van der Waals surface area contributed by atoms with Crippen molar-refractivity contribution in [2.45, 2.75) is 0 Å². The van der Waals surface area contributed by atoms with Crippen LogP contribution >= 0.6 is 11.3 Å². The van der Waals surface area contributed by atoms with Gasteiger partial charge in [0.25, 0.3) is 5.56 Å². The van der Waals surface area contributed by atoms with Gasteiger partial charge in [-0.15, -0.1) is 11.3 Å². The van der Waals surface area contributed by atoms with E-state index in [2.05, 4.69) is 19.9 Å². The normalized spacial score (nSPS) is 10.8. The van der Waals surface area contributed by atoms with Gasteiger partial charge in [-0.05, 0) is 11.4 Å². The van der Waals surface area contributed by atoms with Crippen LogP contribution in [0.2, 0.25) is 0 Å². The molecule has 0 unspecified atom stereocenters. The van der Waals surface area contributed by atoms with Gasteiger partial charge in [-0.2, -0.15) is 4.98 Å². The summed E-state index contributed by atoms with van der Waals surface area (Å²) in [5.41, 5.74) is 6.16. The summed E-state index contributed by atoms with van der Waals surface area (Å²) in [6.07, 6.45) is 1.58. The topological polar surface area (TPSA) is 97.5 Å². The number of aromatic nitrogens is 4. The predicted molar refractivity (Wildman–Crippen MR) is 65.7 cm³/mol. The average molecular weight is 245 g/mol. The van der Waals surface area contributed by atoms with E-state index in [4.69, 9.17) is 5.73 Å². The highest BCUT2D eigenvalue weighted by molar-refractivity contribution is 7.13. The molecule has 0 bridgehead atoms. The molecule has 0 saturated heterocycles. The zero-order valence-corrected chi connectivity index (χ0v) is 9.36. The Morgan fingerprint density at radius 3 is 3.00 bits per heavy atom. The minimum absolute atomic E-state index is 0.0423. The summed E-state index contributed by atoms with van der Waals surface area (Å²) < 4.78 is 0. The lowest BCUT2D eigenvalue weighted by molar-refractivity contribution is 1.13. The van der Waals surface area contributed by atoms with Crippen molar-refractivity contribution in [3.8, 4) is 10.6 Å². The Labute approximate surface area is 99.2 Å². The summed E-state index contributed by atoms with van der Waals surface area (Å²) in [5, 5.41) is 1.94. The van der Waals surface area contributed by atoms with Crippen LogP contribution in [0.4, 0.5) is 5.95 Å². The Morgan fingerprint density at radius 2 is 2.24 bits per heavy atom. The second-order valence-electron chi connectivity index (χ2n) is 3.36. The van der Waals surface area contributed by atoms with Crippen LogP contribution in [0.25, 0.3) is 21.7 Å². The van der Waals surface area contributed by atoms with Crippen molar-refractivity contribution in [2.24, 2.45) is 0 Å². The van der Waals surface area contributed by atoms with Crippen LogP contribution in [-0.2, 0) is 0 Å². The largest absolute Gasteiger partial charge is 0.369 e. The summed E-state index contributed by atoms with van der Waals surface area (Å²) in [6.45, 7) is 0. The number of H-pyrrole nitrogens is 1. The molecule has 0 atom stereocenters. The van der Waals surface area contributed by atoms with Crippen molar-refractivity contribution in [1.82, 2.24) is 19.9 Å². The van der Waals surface area contributed by atoms with Gasteiger partial charge in [0.2, 0.25) is 5.95 Å². The first kappa shape index (κ1) is 9.91. The van der Waals surface area contributed by atoms with Gasteiger partial charge >= 0.3 is 0 Å². The number of hydrogen-bond donors (Lipinski definition) is 2. The van der Waals surface area contributed by atoms with E-state index in [-0.39, 0.29) is 22.7 Å². The summed E-state index contributed by atoms with van der Waals surface area (Å²) in [4.78, 5) is 27.2. The molecule has 3 aromatic heterocycles. The van der Waals surface area contributed by atoms with E-state index in [1.165, 1.54) is 11.3 Å². The van der Waals surface area contributed by atoms with E-state index in [0.29, 0.717) is 5.69 Å². The van der Waals surface area contributed by atoms with Crippen LogP contribution in [0.15, 0.2) is 28.5 Å². The molecule has 3 N–H and O–H groups in total. The first-order valence-electron chi connectivity index (χ1n) is 4.80. The van der Waals surface area contributed by atoms with E-state index in [1.54, 1.807) is 6.20 Å². The van der Waals surface area contributed by atoms with E-state index in [0.717, 1.165) is 4.88 Å². The smallest absolute Gasteiger partial charge is 0.280 e. The van der Waals surface area contributed by atoms with Crippen molar-refractivity contribution < 1.29 is 0 Å². The number of rotatable bonds is 1. The molecular formula is C10H7N5OS. The van der Waals surface area contributed by atoms with Crippen LogP contribution in [0.3, 0.4) is 0 Å². The molecule has 0 radical (unpaired) electrons. The molecular weight excluding hydrogens is 238 g/mol. The molecule has 0 fully saturated rings. The number of nitrogens with one attached hydrogen (secondary N) is 1. The lowest BCUT2D eigenvalue weighted by Gasteiger charge is -1.99. The molecule has 6 nitrogen and oxygen atoms in total. The Kier molecular flexibility index (Phi) is 2.12. The van der Waals surface area contributed by atoms with Crippen LogP contribution in [0, 0.1) is 0 Å². The lowest BCUT2D eigenvalue weighted by atomic mass is 10.3. The fourth-order valence-electron chi connectivity index (χ4n) is 1.48. The fraction of sp³-hybridized carbons (Fsp3) is 0. The molecule has 0 aliphatic carbocycles. The Balaban J connectivity index is 2.30. The minimum atomic E-state index is -0.376. The molecule has 3 aromatic rings. The van der Waals surface area contributed by atoms with Gasteiger partial charge in [0.05, 0.1) is 16.8 Å². The SMILES string of the molecule is Nc1nc2ncc(-c3cccs3)nc2c(=O)[nH]1. The van der Waals surface area contributed by atoms with Gasteiger partial charge in [0.15, 0.2) is 11.2 Å². The molecule has 0 aromatic carbocycles. The number of nitrogen functional groups attached to an aromatic ring is 1. The highest BCUT2D eigenvalue weighted by Gasteiger charge is 2.08. The number of aromatic amines is 1. The van der Waals surface area contributed by atoms with Crippen LogP contribution in [0.1, 0.15) is 0 Å². The molecule has 3 rings (SSSR count). The summed E-state index contributed by atoms with van der Waals surface area (Å²) in [6, 6.07) is 3.83. The maximum Gasteiger partial charge on any atom is 0.280 e. The molecule has 7 heteroatoms. The van der Waals surface area contributed by atoms with Gasteiger partial charge in [-0.1, -0.05) is 6.07 Å². The third-order valence-electron chi connectivity index (χ3n) is 2.21. The van der Waals surface area contributed by atoms with E-state index < -0.39 is 0 Å². The first-order chi connectivity index (χ1) is 8.24. The third kappa shape index (κ3) is 1.66. The van der Waals surface area contributed by atoms with Crippen LogP contribution in [0.5, 0.6) is 0 Å². The second-order valence-corrected chi connectivity index (χ2v) is 4.30. The van der Waals surface area contributed by atoms with E-state index >= 15 is 0 Å². The number of anilines is 1. The lowest BCUT2D eigenvalue weighted by Crippen LogP contribution is -2.13.